The lowest BCUT2D eigenvalue weighted by molar-refractivity contribution is -0.384. The van der Waals surface area contributed by atoms with E-state index in [9.17, 15) is 23.3 Å². The zero-order valence-electron chi connectivity index (χ0n) is 18.5. The summed E-state index contributed by atoms with van der Waals surface area (Å²) in [6, 6.07) is 21.6. The molecule has 3 rings (SSSR count). The Hall–Kier alpha value is -3.89. The van der Waals surface area contributed by atoms with Gasteiger partial charge in [-0.1, -0.05) is 60.2 Å². The summed E-state index contributed by atoms with van der Waals surface area (Å²) in [4.78, 5) is 23.0. The summed E-state index contributed by atoms with van der Waals surface area (Å²) < 4.78 is 27.6. The van der Waals surface area contributed by atoms with Crippen molar-refractivity contribution in [3.63, 3.8) is 0 Å². The fraction of sp³-hybridized carbons (Fsp3) is 0.167. The van der Waals surface area contributed by atoms with Gasteiger partial charge in [-0.05, 0) is 31.0 Å². The number of aryl methyl sites for hydroxylation is 1. The molecule has 0 unspecified atom stereocenters. The third kappa shape index (κ3) is 6.80. The van der Waals surface area contributed by atoms with Crippen LogP contribution >= 0.6 is 0 Å². The van der Waals surface area contributed by atoms with Gasteiger partial charge in [0.2, 0.25) is 10.0 Å². The number of nitro benzene ring substituents is 1. The maximum absolute atomic E-state index is 13.2. The highest BCUT2D eigenvalue weighted by atomic mass is 32.2. The monoisotopic (exact) mass is 480 g/mol. The van der Waals surface area contributed by atoms with Gasteiger partial charge in [-0.25, -0.2) is 13.8 Å². The minimum Gasteiger partial charge on any atom is -0.272 e. The number of rotatable bonds is 10. The van der Waals surface area contributed by atoms with Crippen LogP contribution in [-0.2, 0) is 21.2 Å². The minimum atomic E-state index is -3.93. The van der Waals surface area contributed by atoms with Crippen LogP contribution in [0, 0.1) is 17.0 Å². The topological polar surface area (TPSA) is 122 Å². The van der Waals surface area contributed by atoms with E-state index in [1.165, 1.54) is 36.5 Å². The Bertz CT molecular complexity index is 1280. The van der Waals surface area contributed by atoms with Crippen LogP contribution in [0.5, 0.6) is 0 Å². The van der Waals surface area contributed by atoms with Crippen molar-refractivity contribution in [2.24, 2.45) is 5.10 Å². The van der Waals surface area contributed by atoms with Gasteiger partial charge in [0.15, 0.2) is 0 Å². The van der Waals surface area contributed by atoms with Crippen LogP contribution in [-0.4, -0.2) is 42.9 Å². The van der Waals surface area contributed by atoms with E-state index in [0.717, 1.165) is 15.4 Å². The van der Waals surface area contributed by atoms with Crippen molar-refractivity contribution in [3.05, 3.63) is 106 Å². The number of hydrogen-bond donors (Lipinski definition) is 1. The van der Waals surface area contributed by atoms with Crippen molar-refractivity contribution in [2.75, 3.05) is 13.1 Å². The highest BCUT2D eigenvalue weighted by Gasteiger charge is 2.26. The predicted molar refractivity (Wildman–Crippen MR) is 129 cm³/mol. The van der Waals surface area contributed by atoms with Gasteiger partial charge in [0.1, 0.15) is 0 Å². The number of nitrogens with one attached hydrogen (secondary N) is 1. The number of hydrogen-bond acceptors (Lipinski definition) is 6. The average Bonchev–Trinajstić information content (AvgIpc) is 2.82. The standard InChI is InChI=1S/C24H24N4O5S/c1-19-10-12-23(13-11-19)34(32,33)27(15-14-20-6-3-2-4-7-20)18-24(29)26-25-17-21-8-5-9-22(16-21)28(30)31/h2-13,16-17H,14-15,18H2,1H3,(H,26,29)/b25-17-. The molecule has 0 heterocycles. The molecular formula is C24H24N4O5S. The fourth-order valence-electron chi connectivity index (χ4n) is 3.13. The summed E-state index contributed by atoms with van der Waals surface area (Å²) in [5.41, 5.74) is 4.47. The van der Waals surface area contributed by atoms with Gasteiger partial charge in [-0.3, -0.25) is 14.9 Å². The molecule has 3 aromatic carbocycles. The third-order valence-corrected chi connectivity index (χ3v) is 6.81. The first-order valence-electron chi connectivity index (χ1n) is 10.4. The second-order valence-corrected chi connectivity index (χ2v) is 9.47. The van der Waals surface area contributed by atoms with Gasteiger partial charge in [0, 0.05) is 24.2 Å². The van der Waals surface area contributed by atoms with Crippen LogP contribution in [0.25, 0.3) is 0 Å². The smallest absolute Gasteiger partial charge is 0.270 e. The molecule has 0 atom stereocenters. The summed E-state index contributed by atoms with van der Waals surface area (Å²) in [6.07, 6.45) is 1.68. The number of hydrazone groups is 1. The summed E-state index contributed by atoms with van der Waals surface area (Å²) in [5.74, 6) is -0.634. The molecule has 0 aliphatic heterocycles. The molecule has 10 heteroatoms. The van der Waals surface area contributed by atoms with Gasteiger partial charge in [0.05, 0.1) is 22.6 Å². The van der Waals surface area contributed by atoms with Gasteiger partial charge >= 0.3 is 0 Å². The van der Waals surface area contributed by atoms with Gasteiger partial charge in [-0.15, -0.1) is 0 Å². The van der Waals surface area contributed by atoms with E-state index in [1.54, 1.807) is 18.2 Å². The van der Waals surface area contributed by atoms with Gasteiger partial charge in [0.25, 0.3) is 11.6 Å². The van der Waals surface area contributed by atoms with E-state index in [-0.39, 0.29) is 17.1 Å². The second kappa shape index (κ2) is 11.3. The van der Waals surface area contributed by atoms with Crippen molar-refractivity contribution in [1.29, 1.82) is 0 Å². The van der Waals surface area contributed by atoms with Crippen molar-refractivity contribution >= 4 is 27.8 Å². The van der Waals surface area contributed by atoms with Crippen LogP contribution in [0.4, 0.5) is 5.69 Å². The van der Waals surface area contributed by atoms with Crippen LogP contribution in [0.3, 0.4) is 0 Å². The number of non-ortho nitro benzene ring substituents is 1. The Labute approximate surface area is 197 Å². The summed E-state index contributed by atoms with van der Waals surface area (Å²) in [5, 5.41) is 14.7. The molecule has 0 bridgehead atoms. The SMILES string of the molecule is Cc1ccc(S(=O)(=O)N(CCc2ccccc2)CC(=O)N/N=C\c2cccc([N+](=O)[O-])c2)cc1. The van der Waals surface area contributed by atoms with E-state index in [0.29, 0.717) is 12.0 Å². The molecular weight excluding hydrogens is 456 g/mol. The summed E-state index contributed by atoms with van der Waals surface area (Å²) in [6.45, 7) is 1.52. The van der Waals surface area contributed by atoms with Crippen molar-refractivity contribution in [2.45, 2.75) is 18.2 Å². The Morgan fingerprint density at radius 3 is 2.44 bits per heavy atom. The first-order valence-corrected chi connectivity index (χ1v) is 11.9. The zero-order valence-corrected chi connectivity index (χ0v) is 19.3. The molecule has 0 aliphatic rings. The van der Waals surface area contributed by atoms with Crippen molar-refractivity contribution in [1.82, 2.24) is 9.73 Å². The van der Waals surface area contributed by atoms with Crippen LogP contribution in [0.2, 0.25) is 0 Å². The molecule has 0 aromatic heterocycles. The molecule has 0 fully saturated rings. The fourth-order valence-corrected chi connectivity index (χ4v) is 4.53. The highest BCUT2D eigenvalue weighted by Crippen LogP contribution is 2.17. The van der Waals surface area contributed by atoms with Gasteiger partial charge in [-0.2, -0.15) is 9.41 Å². The molecule has 0 aliphatic carbocycles. The number of carbonyl (C=O) groups is 1. The number of sulfonamides is 1. The maximum Gasteiger partial charge on any atom is 0.270 e. The van der Waals surface area contributed by atoms with Crippen molar-refractivity contribution in [3.8, 4) is 0 Å². The summed E-state index contributed by atoms with van der Waals surface area (Å²) >= 11 is 0. The molecule has 34 heavy (non-hydrogen) atoms. The molecule has 9 nitrogen and oxygen atoms in total. The predicted octanol–water partition coefficient (Wildman–Crippen LogP) is 3.29. The average molecular weight is 481 g/mol. The first kappa shape index (κ1) is 24.7. The summed E-state index contributed by atoms with van der Waals surface area (Å²) in [7, 11) is -3.93. The Balaban J connectivity index is 1.73. The van der Waals surface area contributed by atoms with E-state index in [4.69, 9.17) is 0 Å². The van der Waals surface area contributed by atoms with E-state index in [2.05, 4.69) is 10.5 Å². The number of benzene rings is 3. The number of amides is 1. The molecule has 0 spiro atoms. The van der Waals surface area contributed by atoms with E-state index < -0.39 is 27.4 Å². The van der Waals surface area contributed by atoms with Crippen LogP contribution in [0.15, 0.2) is 88.9 Å². The number of carbonyl (C=O) groups excluding carboxylic acids is 1. The Kier molecular flexibility index (Phi) is 8.23. The Morgan fingerprint density at radius 1 is 1.06 bits per heavy atom. The van der Waals surface area contributed by atoms with E-state index in [1.807, 2.05) is 37.3 Å². The quantitative estimate of drug-likeness (QED) is 0.271. The van der Waals surface area contributed by atoms with Crippen molar-refractivity contribution < 1.29 is 18.1 Å². The minimum absolute atomic E-state index is 0.0964. The highest BCUT2D eigenvalue weighted by molar-refractivity contribution is 7.89. The normalized spacial score (nSPS) is 11.6. The first-order chi connectivity index (χ1) is 16.3. The van der Waals surface area contributed by atoms with Crippen LogP contribution in [0.1, 0.15) is 16.7 Å². The molecule has 0 saturated carbocycles. The third-order valence-electron chi connectivity index (χ3n) is 4.96. The second-order valence-electron chi connectivity index (χ2n) is 7.53. The number of nitrogens with zero attached hydrogens (tertiary/aromatic N) is 3. The molecule has 0 radical (unpaired) electrons. The van der Waals surface area contributed by atoms with Gasteiger partial charge < -0.3 is 0 Å². The maximum atomic E-state index is 13.2. The molecule has 1 N–H and O–H groups in total. The lowest BCUT2D eigenvalue weighted by Crippen LogP contribution is -2.40. The molecule has 3 aromatic rings. The van der Waals surface area contributed by atoms with Crippen LogP contribution < -0.4 is 5.43 Å². The Morgan fingerprint density at radius 2 is 1.76 bits per heavy atom. The lowest BCUT2D eigenvalue weighted by atomic mass is 10.1. The zero-order chi connectivity index (χ0) is 24.6. The van der Waals surface area contributed by atoms with E-state index >= 15 is 0 Å². The molecule has 176 valence electrons. The largest absolute Gasteiger partial charge is 0.272 e. The number of nitro groups is 1. The molecule has 1 amide bonds. The lowest BCUT2D eigenvalue weighted by Gasteiger charge is -2.21. The molecule has 0 saturated heterocycles.